The molecule has 0 radical (unpaired) electrons. The summed E-state index contributed by atoms with van der Waals surface area (Å²) in [7, 11) is 0. The van der Waals surface area contributed by atoms with Gasteiger partial charge in [0.05, 0.1) is 0 Å². The Morgan fingerprint density at radius 1 is 1.35 bits per heavy atom. The smallest absolute Gasteiger partial charge is 0.409 e. The zero-order valence-electron chi connectivity index (χ0n) is 8.68. The molecule has 2 heterocycles. The van der Waals surface area contributed by atoms with Gasteiger partial charge < -0.3 is 10.2 Å². The van der Waals surface area contributed by atoms with Crippen molar-refractivity contribution in [1.29, 1.82) is 0 Å². The quantitative estimate of drug-likeness (QED) is 0.825. The van der Waals surface area contributed by atoms with Gasteiger partial charge in [0.2, 0.25) is 0 Å². The molecule has 6 nitrogen and oxygen atoms in total. The molecule has 0 aliphatic carbocycles. The maximum atomic E-state index is 11.1. The monoisotopic (exact) mass is 254 g/mol. The third-order valence-corrected chi connectivity index (χ3v) is 3.82. The first kappa shape index (κ1) is 11.7. The molecule has 1 amide bonds. The van der Waals surface area contributed by atoms with Crippen molar-refractivity contribution in [2.45, 2.75) is 11.4 Å². The third kappa shape index (κ3) is 2.19. The summed E-state index contributed by atoms with van der Waals surface area (Å²) in [5.41, 5.74) is 0.746. The topological polar surface area (TPSA) is 90.7 Å². The number of carboxylic acids is 1. The number of nitrogens with zero attached hydrogens (tertiary/aromatic N) is 2. The third-order valence-electron chi connectivity index (χ3n) is 2.50. The fraction of sp³-hybridized carbons (Fsp3) is 0.300. The molecule has 0 spiro atoms. The highest BCUT2D eigenvalue weighted by atomic mass is 32.2. The molecule has 2 N–H and O–H groups in total. The number of aliphatic carboxylic acids is 1. The second-order valence-corrected chi connectivity index (χ2v) is 4.62. The van der Waals surface area contributed by atoms with E-state index in [0.29, 0.717) is 0 Å². The highest BCUT2D eigenvalue weighted by molar-refractivity contribution is 7.99. The van der Waals surface area contributed by atoms with Gasteiger partial charge in [0.1, 0.15) is 11.4 Å². The van der Waals surface area contributed by atoms with Gasteiger partial charge in [-0.15, -0.1) is 11.8 Å². The van der Waals surface area contributed by atoms with E-state index in [-0.39, 0.29) is 5.75 Å². The van der Waals surface area contributed by atoms with E-state index in [4.69, 9.17) is 10.2 Å². The molecule has 1 saturated heterocycles. The summed E-state index contributed by atoms with van der Waals surface area (Å²) in [5.74, 6) is -0.856. The Morgan fingerprint density at radius 3 is 2.53 bits per heavy atom. The van der Waals surface area contributed by atoms with Crippen LogP contribution in [0.25, 0.3) is 0 Å². The molecule has 1 aromatic rings. The molecule has 0 aromatic carbocycles. The number of rotatable bonds is 2. The van der Waals surface area contributed by atoms with Crippen LogP contribution < -0.4 is 0 Å². The molecule has 0 bridgehead atoms. The molecule has 2 rings (SSSR count). The Labute approximate surface area is 101 Å². The van der Waals surface area contributed by atoms with Gasteiger partial charge in [0, 0.05) is 18.1 Å². The van der Waals surface area contributed by atoms with Crippen LogP contribution in [-0.4, -0.2) is 44.0 Å². The minimum atomic E-state index is -1.22. The molecule has 1 aliphatic heterocycles. The number of carbonyl (C=O) groups is 2. The van der Waals surface area contributed by atoms with E-state index >= 15 is 0 Å². The van der Waals surface area contributed by atoms with Gasteiger partial charge in [-0.3, -0.25) is 9.88 Å². The number of aromatic nitrogens is 1. The maximum Gasteiger partial charge on any atom is 0.409 e. The first-order valence-electron chi connectivity index (χ1n) is 4.87. The van der Waals surface area contributed by atoms with Crippen LogP contribution >= 0.6 is 11.8 Å². The Kier molecular flexibility index (Phi) is 3.19. The Balaban J connectivity index is 2.30. The van der Waals surface area contributed by atoms with Crippen LogP contribution in [0, 0.1) is 0 Å². The average Bonchev–Trinajstić information content (AvgIpc) is 2.74. The van der Waals surface area contributed by atoms with Crippen molar-refractivity contribution in [1.82, 2.24) is 9.88 Å². The zero-order chi connectivity index (χ0) is 12.4. The zero-order valence-corrected chi connectivity index (χ0v) is 9.50. The van der Waals surface area contributed by atoms with Gasteiger partial charge >= 0.3 is 12.1 Å². The van der Waals surface area contributed by atoms with Crippen molar-refractivity contribution in [3.05, 3.63) is 30.1 Å². The molecule has 2 atom stereocenters. The second kappa shape index (κ2) is 4.62. The summed E-state index contributed by atoms with van der Waals surface area (Å²) in [5, 5.41) is 17.6. The summed E-state index contributed by atoms with van der Waals surface area (Å²) in [6.07, 6.45) is 1.90. The lowest BCUT2D eigenvalue weighted by Gasteiger charge is -2.24. The minimum Gasteiger partial charge on any atom is -0.480 e. The van der Waals surface area contributed by atoms with E-state index in [9.17, 15) is 9.59 Å². The minimum absolute atomic E-state index is 0.259. The molecule has 1 aromatic heterocycles. The maximum absolute atomic E-state index is 11.1. The lowest BCUT2D eigenvalue weighted by Crippen LogP contribution is -2.42. The van der Waals surface area contributed by atoms with E-state index in [0.717, 1.165) is 10.5 Å². The Bertz CT molecular complexity index is 439. The van der Waals surface area contributed by atoms with Crippen molar-refractivity contribution in [2.24, 2.45) is 0 Å². The largest absolute Gasteiger partial charge is 0.480 e. The molecule has 7 heteroatoms. The van der Waals surface area contributed by atoms with Crippen LogP contribution in [0.3, 0.4) is 0 Å². The highest BCUT2D eigenvalue weighted by Crippen LogP contribution is 2.41. The molecule has 0 saturated carbocycles. The Morgan fingerprint density at radius 2 is 2.00 bits per heavy atom. The van der Waals surface area contributed by atoms with Crippen LogP contribution in [0.5, 0.6) is 0 Å². The van der Waals surface area contributed by atoms with E-state index in [1.807, 2.05) is 0 Å². The van der Waals surface area contributed by atoms with Crippen molar-refractivity contribution in [2.75, 3.05) is 5.75 Å². The van der Waals surface area contributed by atoms with Crippen molar-refractivity contribution in [3.8, 4) is 0 Å². The molecule has 17 heavy (non-hydrogen) atoms. The lowest BCUT2D eigenvalue weighted by atomic mass is 10.2. The number of hydrogen-bond donors (Lipinski definition) is 2. The number of hydrogen-bond acceptors (Lipinski definition) is 4. The Hall–Kier alpha value is -1.76. The van der Waals surface area contributed by atoms with Gasteiger partial charge in [-0.1, -0.05) is 0 Å². The highest BCUT2D eigenvalue weighted by Gasteiger charge is 2.42. The van der Waals surface area contributed by atoms with Crippen molar-refractivity contribution in [3.63, 3.8) is 0 Å². The van der Waals surface area contributed by atoms with Crippen LogP contribution in [-0.2, 0) is 4.79 Å². The second-order valence-electron chi connectivity index (χ2n) is 3.51. The van der Waals surface area contributed by atoms with E-state index < -0.39 is 23.5 Å². The van der Waals surface area contributed by atoms with Crippen LogP contribution in [0.15, 0.2) is 24.5 Å². The van der Waals surface area contributed by atoms with Gasteiger partial charge in [-0.2, -0.15) is 0 Å². The van der Waals surface area contributed by atoms with E-state index in [1.54, 1.807) is 24.5 Å². The van der Waals surface area contributed by atoms with Crippen molar-refractivity contribution >= 4 is 23.8 Å². The van der Waals surface area contributed by atoms with Crippen LogP contribution in [0.2, 0.25) is 0 Å². The SMILES string of the molecule is O=C(O)C1CSC(c2ccncc2)N1C(=O)O. The number of amides is 1. The number of thioether (sulfide) groups is 1. The number of carboxylic acid groups (broad SMARTS) is 2. The van der Waals surface area contributed by atoms with Crippen molar-refractivity contribution < 1.29 is 19.8 Å². The molecule has 90 valence electrons. The van der Waals surface area contributed by atoms with Crippen LogP contribution in [0.4, 0.5) is 4.79 Å². The van der Waals surface area contributed by atoms with Gasteiger partial charge in [-0.25, -0.2) is 9.59 Å². The fourth-order valence-electron chi connectivity index (χ4n) is 1.72. The lowest BCUT2D eigenvalue weighted by molar-refractivity contribution is -0.141. The van der Waals surface area contributed by atoms with Crippen LogP contribution in [0.1, 0.15) is 10.9 Å². The summed E-state index contributed by atoms with van der Waals surface area (Å²) < 4.78 is 0. The summed E-state index contributed by atoms with van der Waals surface area (Å²) in [6.45, 7) is 0. The van der Waals surface area contributed by atoms with E-state index in [2.05, 4.69) is 4.98 Å². The van der Waals surface area contributed by atoms with Gasteiger partial charge in [0.15, 0.2) is 0 Å². The average molecular weight is 254 g/mol. The first-order chi connectivity index (χ1) is 8.11. The first-order valence-corrected chi connectivity index (χ1v) is 5.91. The number of pyridine rings is 1. The predicted octanol–water partition coefficient (Wildman–Crippen LogP) is 1.26. The van der Waals surface area contributed by atoms with E-state index in [1.165, 1.54) is 11.8 Å². The summed E-state index contributed by atoms with van der Waals surface area (Å²) >= 11 is 1.30. The van der Waals surface area contributed by atoms with Gasteiger partial charge in [0.25, 0.3) is 0 Å². The molecular weight excluding hydrogens is 244 g/mol. The standard InChI is InChI=1S/C10H10N2O4S/c13-9(14)7-5-17-8(12(7)10(15)16)6-1-3-11-4-2-6/h1-4,7-8H,5H2,(H,13,14)(H,15,16). The molecule has 2 unspecified atom stereocenters. The normalized spacial score (nSPS) is 23.6. The molecule has 1 aliphatic rings. The predicted molar refractivity (Wildman–Crippen MR) is 60.7 cm³/mol. The molecular formula is C10H10N2O4S. The van der Waals surface area contributed by atoms with Gasteiger partial charge in [-0.05, 0) is 17.7 Å². The fourth-order valence-corrected chi connectivity index (χ4v) is 3.13. The summed E-state index contributed by atoms with van der Waals surface area (Å²) in [4.78, 5) is 26.9. The molecule has 1 fully saturated rings. The summed E-state index contributed by atoms with van der Waals surface area (Å²) in [6, 6.07) is 2.39.